The summed E-state index contributed by atoms with van der Waals surface area (Å²) in [5.74, 6) is 0. The van der Waals surface area contributed by atoms with Crippen molar-refractivity contribution in [2.45, 2.75) is 90.1 Å². The third-order valence-corrected chi connectivity index (χ3v) is 19.7. The van der Waals surface area contributed by atoms with Crippen LogP contribution < -0.4 is 20.7 Å². The Labute approximate surface area is 302 Å². The summed E-state index contributed by atoms with van der Waals surface area (Å²) in [5.41, 5.74) is -0.657. The first-order valence-electron chi connectivity index (χ1n) is 17.8. The van der Waals surface area contributed by atoms with Crippen LogP contribution >= 0.6 is 0 Å². The SMILES string of the molecule is CC(C)(C)OC(=O)N1CC=C[C@@H](O[Si](c2ccccc2)(c2ccccc2)C(C)(C)C)[C@@H]1CO[Si](c1ccccc1)(c1ccccc1)C(C)(C)C. The first kappa shape index (κ1) is 37.5. The molecule has 0 unspecified atom stereocenters. The van der Waals surface area contributed by atoms with Gasteiger partial charge in [0, 0.05) is 6.54 Å². The van der Waals surface area contributed by atoms with Crippen molar-refractivity contribution < 1.29 is 18.4 Å². The van der Waals surface area contributed by atoms with Gasteiger partial charge >= 0.3 is 6.09 Å². The van der Waals surface area contributed by atoms with Gasteiger partial charge in [-0.2, -0.15) is 0 Å². The summed E-state index contributed by atoms with van der Waals surface area (Å²) < 4.78 is 21.3. The molecule has 4 aromatic carbocycles. The number of rotatable bonds is 9. The number of carbonyl (C=O) groups is 1. The van der Waals surface area contributed by atoms with E-state index in [1.54, 1.807) is 0 Å². The third kappa shape index (κ3) is 7.61. The highest BCUT2D eigenvalue weighted by molar-refractivity contribution is 7.00. The Morgan fingerprint density at radius 1 is 0.620 bits per heavy atom. The van der Waals surface area contributed by atoms with Gasteiger partial charge in [0.2, 0.25) is 0 Å². The molecule has 0 bridgehead atoms. The van der Waals surface area contributed by atoms with Gasteiger partial charge in [0.05, 0.1) is 18.8 Å². The molecule has 1 aliphatic heterocycles. The molecule has 2 atom stereocenters. The van der Waals surface area contributed by atoms with Gasteiger partial charge in [0.25, 0.3) is 16.6 Å². The lowest BCUT2D eigenvalue weighted by Gasteiger charge is -2.49. The number of nitrogens with zero attached hydrogens (tertiary/aromatic N) is 1. The molecule has 1 aliphatic rings. The smallest absolute Gasteiger partial charge is 0.411 e. The molecule has 4 aromatic rings. The van der Waals surface area contributed by atoms with Crippen molar-refractivity contribution in [3.05, 3.63) is 133 Å². The Bertz CT molecular complexity index is 1630. The van der Waals surface area contributed by atoms with E-state index in [1.807, 2.05) is 31.7 Å². The maximum Gasteiger partial charge on any atom is 0.411 e. The minimum atomic E-state index is -3.00. The molecule has 0 radical (unpaired) electrons. The minimum Gasteiger partial charge on any atom is -0.444 e. The average Bonchev–Trinajstić information content (AvgIpc) is 3.07. The minimum absolute atomic E-state index is 0.231. The number of hydrogen-bond acceptors (Lipinski definition) is 4. The first-order valence-corrected chi connectivity index (χ1v) is 21.6. The first-order chi connectivity index (χ1) is 23.6. The molecule has 0 fully saturated rings. The third-order valence-electron chi connectivity index (χ3n) is 9.65. The predicted molar refractivity (Wildman–Crippen MR) is 212 cm³/mol. The van der Waals surface area contributed by atoms with Crippen LogP contribution in [0.5, 0.6) is 0 Å². The summed E-state index contributed by atoms with van der Waals surface area (Å²) in [6.45, 7) is 20.1. The standard InChI is InChI=1S/C43H55NO4Si2/c1-41(2,3)47-40(45)44-32-22-31-39(48-50(43(7,8)9,36-27-18-12-19-28-36)37-29-20-13-21-30-37)38(44)33-46-49(42(4,5)6,34-23-14-10-15-24-34)35-25-16-11-17-26-35/h10-31,38-39H,32-33H2,1-9H3/t38-,39+/m0/s1. The number of hydrogen-bond donors (Lipinski definition) is 0. The molecule has 7 heteroatoms. The zero-order valence-corrected chi connectivity index (χ0v) is 33.4. The van der Waals surface area contributed by atoms with Crippen molar-refractivity contribution in [1.82, 2.24) is 4.90 Å². The lowest BCUT2D eigenvalue weighted by atomic mass is 10.1. The second-order valence-electron chi connectivity index (χ2n) is 16.3. The Morgan fingerprint density at radius 2 is 1.00 bits per heavy atom. The van der Waals surface area contributed by atoms with Crippen LogP contribution in [-0.4, -0.2) is 58.5 Å². The molecule has 1 amide bonds. The molecule has 0 aliphatic carbocycles. The van der Waals surface area contributed by atoms with E-state index in [2.05, 4.69) is 169 Å². The van der Waals surface area contributed by atoms with Crippen molar-refractivity contribution in [3.8, 4) is 0 Å². The molecule has 5 rings (SSSR count). The molecule has 0 aromatic heterocycles. The Balaban J connectivity index is 1.67. The van der Waals surface area contributed by atoms with Gasteiger partial charge in [-0.25, -0.2) is 4.79 Å². The predicted octanol–water partition coefficient (Wildman–Crippen LogP) is 7.68. The number of carbonyl (C=O) groups excluding carboxylic acids is 1. The largest absolute Gasteiger partial charge is 0.444 e. The quantitative estimate of drug-likeness (QED) is 0.132. The lowest BCUT2D eigenvalue weighted by molar-refractivity contribution is -0.00557. The molecule has 1 heterocycles. The van der Waals surface area contributed by atoms with Crippen molar-refractivity contribution >= 4 is 43.5 Å². The van der Waals surface area contributed by atoms with E-state index in [4.69, 9.17) is 13.6 Å². The molecule has 0 spiro atoms. The van der Waals surface area contributed by atoms with Crippen LogP contribution in [0.2, 0.25) is 10.1 Å². The summed E-state index contributed by atoms with van der Waals surface area (Å²) in [7, 11) is -5.95. The lowest BCUT2D eigenvalue weighted by Crippen LogP contribution is -2.71. The maximum atomic E-state index is 14.1. The van der Waals surface area contributed by atoms with Gasteiger partial charge in [0.15, 0.2) is 0 Å². The van der Waals surface area contributed by atoms with Crippen molar-refractivity contribution in [2.75, 3.05) is 13.2 Å². The monoisotopic (exact) mass is 705 g/mol. The van der Waals surface area contributed by atoms with E-state index in [-0.39, 0.29) is 22.8 Å². The number of ether oxygens (including phenoxy) is 1. The van der Waals surface area contributed by atoms with E-state index >= 15 is 0 Å². The highest BCUT2D eigenvalue weighted by atomic mass is 28.4. The van der Waals surface area contributed by atoms with Crippen LogP contribution in [0.15, 0.2) is 133 Å². The van der Waals surface area contributed by atoms with Gasteiger partial charge in [-0.3, -0.25) is 4.90 Å². The van der Waals surface area contributed by atoms with E-state index in [9.17, 15) is 4.79 Å². The topological polar surface area (TPSA) is 48.0 Å². The van der Waals surface area contributed by atoms with E-state index in [1.165, 1.54) is 20.7 Å². The van der Waals surface area contributed by atoms with Crippen molar-refractivity contribution in [1.29, 1.82) is 0 Å². The van der Waals surface area contributed by atoms with E-state index in [0.717, 1.165) is 0 Å². The van der Waals surface area contributed by atoms with Crippen LogP contribution in [0.25, 0.3) is 0 Å². The van der Waals surface area contributed by atoms with E-state index < -0.39 is 34.4 Å². The zero-order chi connectivity index (χ0) is 36.2. The summed E-state index contributed by atoms with van der Waals surface area (Å²) in [4.78, 5) is 15.9. The Kier molecular flexibility index (Phi) is 11.1. The van der Waals surface area contributed by atoms with Crippen LogP contribution in [0.3, 0.4) is 0 Å². The van der Waals surface area contributed by atoms with E-state index in [0.29, 0.717) is 6.54 Å². The van der Waals surface area contributed by atoms with Gasteiger partial charge < -0.3 is 13.6 Å². The van der Waals surface area contributed by atoms with Gasteiger partial charge in [-0.1, -0.05) is 175 Å². The molecule has 264 valence electrons. The summed E-state index contributed by atoms with van der Waals surface area (Å²) in [5, 5.41) is 4.28. The molecule has 50 heavy (non-hydrogen) atoms. The molecule has 0 N–H and O–H groups in total. The fraction of sp³-hybridized carbons (Fsp3) is 0.372. The van der Waals surface area contributed by atoms with Crippen molar-refractivity contribution in [2.24, 2.45) is 0 Å². The maximum absolute atomic E-state index is 14.1. The van der Waals surface area contributed by atoms with Crippen LogP contribution in [0.4, 0.5) is 4.79 Å². The Hall–Kier alpha value is -3.76. The summed E-state index contributed by atoms with van der Waals surface area (Å²) in [6, 6.07) is 42.2. The molecule has 0 saturated carbocycles. The van der Waals surface area contributed by atoms with Gasteiger partial charge in [-0.05, 0) is 51.6 Å². The number of amides is 1. The fourth-order valence-electron chi connectivity index (χ4n) is 7.45. The highest BCUT2D eigenvalue weighted by Crippen LogP contribution is 2.40. The van der Waals surface area contributed by atoms with Crippen LogP contribution in [-0.2, 0) is 13.6 Å². The second-order valence-corrected chi connectivity index (χ2v) is 24.9. The molecule has 0 saturated heterocycles. The summed E-state index contributed by atoms with van der Waals surface area (Å²) >= 11 is 0. The summed E-state index contributed by atoms with van der Waals surface area (Å²) in [6.07, 6.45) is 3.38. The van der Waals surface area contributed by atoms with Gasteiger partial charge in [-0.15, -0.1) is 0 Å². The zero-order valence-electron chi connectivity index (χ0n) is 31.4. The normalized spacial score (nSPS) is 17.4. The van der Waals surface area contributed by atoms with Crippen molar-refractivity contribution in [3.63, 3.8) is 0 Å². The molecular weight excluding hydrogens is 651 g/mol. The molecular formula is C43H55NO4Si2. The fourth-order valence-corrected chi connectivity index (χ4v) is 16.7. The van der Waals surface area contributed by atoms with Crippen LogP contribution in [0.1, 0.15) is 62.3 Å². The van der Waals surface area contributed by atoms with Gasteiger partial charge in [0.1, 0.15) is 5.60 Å². The van der Waals surface area contributed by atoms with Crippen LogP contribution in [0, 0.1) is 0 Å². The average molecular weight is 706 g/mol. The highest BCUT2D eigenvalue weighted by Gasteiger charge is 2.55. The molecule has 5 nitrogen and oxygen atoms in total. The Morgan fingerprint density at radius 3 is 1.36 bits per heavy atom. The number of benzene rings is 4. The second kappa shape index (κ2) is 14.8.